The van der Waals surface area contributed by atoms with Gasteiger partial charge in [-0.15, -0.1) is 0 Å². The Balaban J connectivity index is 0.000000368. The molecule has 0 atom stereocenters. The first kappa shape index (κ1) is 49.3. The van der Waals surface area contributed by atoms with Crippen LogP contribution in [0.1, 0.15) is 116 Å². The molecule has 0 fully saturated rings. The second-order valence-corrected chi connectivity index (χ2v) is 20.2. The Morgan fingerprint density at radius 1 is 0.561 bits per heavy atom. The Morgan fingerprint density at radius 3 is 1.16 bits per heavy atom. The second-order valence-electron chi connectivity index (χ2n) is 17.6. The van der Waals surface area contributed by atoms with E-state index in [1.807, 2.05) is 60.7 Å². The third kappa shape index (κ3) is 15.5. The van der Waals surface area contributed by atoms with E-state index in [9.17, 15) is 10.2 Å². The zero-order valence-corrected chi connectivity index (χ0v) is 39.0. The van der Waals surface area contributed by atoms with Crippen LogP contribution >= 0.6 is 18.6 Å². The first-order chi connectivity index (χ1) is 26.5. The predicted molar refractivity (Wildman–Crippen MR) is 241 cm³/mol. The summed E-state index contributed by atoms with van der Waals surface area (Å²) >= 11 is -0.556. The molecule has 0 saturated heterocycles. The van der Waals surface area contributed by atoms with Crippen LogP contribution in [0.25, 0.3) is 0 Å². The molecule has 2 N–H and O–H groups in total. The van der Waals surface area contributed by atoms with Crippen LogP contribution in [0.2, 0.25) is 0 Å². The molecular weight excluding hydrogens is 787 g/mol. The number of benzene rings is 4. The molecule has 4 aromatic rings. The maximum atomic E-state index is 10.9. The zero-order valence-electron chi connectivity index (χ0n) is 35.9. The molecule has 4 rings (SSSR count). The number of phenols is 2. The number of aliphatic imine (C=N–C) groups is 2. The number of halogens is 2. The molecule has 9 heteroatoms. The van der Waals surface area contributed by atoms with Crippen LogP contribution in [0.4, 0.5) is 11.4 Å². The van der Waals surface area contributed by atoms with Gasteiger partial charge in [0.2, 0.25) is 0 Å². The first-order valence-corrected chi connectivity index (χ1v) is 23.2. The third-order valence-electron chi connectivity index (χ3n) is 8.76. The summed E-state index contributed by atoms with van der Waals surface area (Å²) in [7, 11) is 9.78. The van der Waals surface area contributed by atoms with E-state index in [1.54, 1.807) is 24.6 Å². The van der Waals surface area contributed by atoms with Crippen molar-refractivity contribution in [3.63, 3.8) is 0 Å². The summed E-state index contributed by atoms with van der Waals surface area (Å²) in [5.74, 6) is 1.94. The fourth-order valence-electron chi connectivity index (χ4n) is 5.47. The van der Waals surface area contributed by atoms with Crippen molar-refractivity contribution in [2.75, 3.05) is 13.2 Å². The number of ether oxygens (including phenoxy) is 2. The number of para-hydroxylation sites is 4. The van der Waals surface area contributed by atoms with Crippen molar-refractivity contribution in [3.8, 4) is 23.0 Å². The number of rotatable bonds is 10. The Kier molecular flexibility index (Phi) is 18.9. The third-order valence-corrected chi connectivity index (χ3v) is 8.76. The normalized spacial score (nSPS) is 12.0. The molecule has 0 amide bonds. The van der Waals surface area contributed by atoms with Gasteiger partial charge in [-0.2, -0.15) is 0 Å². The van der Waals surface area contributed by atoms with Crippen molar-refractivity contribution in [2.24, 2.45) is 9.98 Å². The molecule has 0 radical (unpaired) electrons. The van der Waals surface area contributed by atoms with E-state index in [4.69, 9.17) is 28.1 Å². The van der Waals surface area contributed by atoms with Gasteiger partial charge in [-0.3, -0.25) is 9.98 Å². The summed E-state index contributed by atoms with van der Waals surface area (Å²) in [5, 5.41) is 21.7. The predicted octanol–water partition coefficient (Wildman–Crippen LogP) is 14.0. The van der Waals surface area contributed by atoms with Crippen molar-refractivity contribution < 1.29 is 36.7 Å². The Hall–Kier alpha value is -3.81. The van der Waals surface area contributed by atoms with Crippen LogP contribution in [0, 0.1) is 0 Å². The van der Waals surface area contributed by atoms with Gasteiger partial charge in [-0.25, -0.2) is 0 Å². The molecule has 0 bridgehead atoms. The Morgan fingerprint density at radius 2 is 0.877 bits per heavy atom. The van der Waals surface area contributed by atoms with Crippen LogP contribution in [0.15, 0.2) is 108 Å². The quantitative estimate of drug-likeness (QED) is 0.0946. The molecule has 0 aliphatic carbocycles. The van der Waals surface area contributed by atoms with Gasteiger partial charge < -0.3 is 19.7 Å². The topological polar surface area (TPSA) is 83.6 Å². The standard InChI is InChI=1S/2C24H31NO2.2ClH.Ti/c2*1-8-13-27-21-12-10-9-11-20(21)25-16-17-14-18(23(2,3)4)15-19(22(17)26)24(5,6)7;;;/h2*8-12,14-16,26H,1,13H2,2-7H3;2*1H;/q;;;;+2/p-2. The summed E-state index contributed by atoms with van der Waals surface area (Å²) < 4.78 is 11.3. The van der Waals surface area contributed by atoms with Gasteiger partial charge in [0.05, 0.1) is 0 Å². The molecular formula is C48H62Cl2N2O4Ti. The number of nitrogens with zero attached hydrogens (tertiary/aromatic N) is 2. The average molecular weight is 850 g/mol. The molecule has 6 nitrogen and oxygen atoms in total. The van der Waals surface area contributed by atoms with Gasteiger partial charge in [0.15, 0.2) is 0 Å². The van der Waals surface area contributed by atoms with Crippen molar-refractivity contribution in [3.05, 3.63) is 131 Å². The summed E-state index contributed by atoms with van der Waals surface area (Å²) in [6, 6.07) is 23.4. The van der Waals surface area contributed by atoms with Crippen molar-refractivity contribution >= 4 is 42.4 Å². The minimum atomic E-state index is -0.556. The minimum absolute atomic E-state index is 0.0265. The SMILES string of the molecule is C=CCOc1ccccc1N=Cc1cc(C(C)(C)C)cc(C(C)(C)C)c1O.C=CCOc1ccccc1N=Cc1cc(C(C)(C)C)cc(C(C)(C)C)c1O.[Cl][Ti][Cl]. The van der Waals surface area contributed by atoms with Gasteiger partial charge >= 0.3 is 35.6 Å². The first-order valence-electron chi connectivity index (χ1n) is 18.9. The molecule has 4 aromatic carbocycles. The molecule has 0 spiro atoms. The van der Waals surface area contributed by atoms with Crippen molar-refractivity contribution in [2.45, 2.75) is 105 Å². The summed E-state index contributed by atoms with van der Waals surface area (Å²) in [4.78, 5) is 9.18. The molecule has 0 heterocycles. The van der Waals surface area contributed by atoms with Crippen LogP contribution in [0.3, 0.4) is 0 Å². The van der Waals surface area contributed by atoms with E-state index in [-0.39, 0.29) is 33.2 Å². The second kappa shape index (κ2) is 21.8. The van der Waals surface area contributed by atoms with Gasteiger partial charge in [-0.05, 0) is 69.2 Å². The van der Waals surface area contributed by atoms with E-state index in [0.717, 1.165) is 22.5 Å². The van der Waals surface area contributed by atoms with Crippen molar-refractivity contribution in [1.29, 1.82) is 0 Å². The molecule has 0 aliphatic rings. The van der Waals surface area contributed by atoms with Crippen molar-refractivity contribution in [1.82, 2.24) is 0 Å². The fraction of sp³-hybridized carbons (Fsp3) is 0.375. The number of hydrogen-bond acceptors (Lipinski definition) is 6. The summed E-state index contributed by atoms with van der Waals surface area (Å²) in [6.45, 7) is 33.9. The molecule has 0 aromatic heterocycles. The molecule has 0 saturated carbocycles. The molecule has 0 aliphatic heterocycles. The van der Waals surface area contributed by atoms with E-state index in [1.165, 1.54) is 11.1 Å². The number of hydrogen-bond donors (Lipinski definition) is 2. The van der Waals surface area contributed by atoms with Gasteiger partial charge in [0.25, 0.3) is 0 Å². The van der Waals surface area contributed by atoms with Gasteiger partial charge in [0.1, 0.15) is 47.6 Å². The van der Waals surface area contributed by atoms with Gasteiger partial charge in [0, 0.05) is 34.7 Å². The molecule has 0 unspecified atom stereocenters. The maximum absolute atomic E-state index is 10.9. The van der Waals surface area contributed by atoms with E-state index in [2.05, 4.69) is 118 Å². The van der Waals surface area contributed by atoms with Gasteiger partial charge in [-0.1, -0.05) is 145 Å². The summed E-state index contributed by atoms with van der Waals surface area (Å²) in [5.41, 5.74) is 6.66. The number of aromatic hydroxyl groups is 2. The monoisotopic (exact) mass is 848 g/mol. The van der Waals surface area contributed by atoms with Crippen LogP contribution in [0.5, 0.6) is 23.0 Å². The van der Waals surface area contributed by atoms with Crippen LogP contribution in [-0.2, 0) is 38.7 Å². The molecule has 57 heavy (non-hydrogen) atoms. The van der Waals surface area contributed by atoms with Crippen LogP contribution in [-0.4, -0.2) is 35.9 Å². The Bertz CT molecular complexity index is 1850. The van der Waals surface area contributed by atoms with E-state index < -0.39 is 17.0 Å². The average Bonchev–Trinajstić information content (AvgIpc) is 3.11. The van der Waals surface area contributed by atoms with Crippen LogP contribution < -0.4 is 9.47 Å². The zero-order chi connectivity index (χ0) is 43.2. The Labute approximate surface area is 359 Å². The van der Waals surface area contributed by atoms with E-state index >= 15 is 0 Å². The molecule has 306 valence electrons. The van der Waals surface area contributed by atoms with E-state index in [0.29, 0.717) is 35.8 Å². The number of phenolic OH excluding ortho intramolecular Hbond substituents is 2. The fourth-order valence-corrected chi connectivity index (χ4v) is 5.47. The summed E-state index contributed by atoms with van der Waals surface area (Å²) in [6.07, 6.45) is 6.84.